The van der Waals surface area contributed by atoms with E-state index in [0.29, 0.717) is 6.04 Å². The Balaban J connectivity index is 1.57. The summed E-state index contributed by atoms with van der Waals surface area (Å²) in [6.07, 6.45) is 9.64. The molecule has 1 unspecified atom stereocenters. The zero-order chi connectivity index (χ0) is 13.6. The Morgan fingerprint density at radius 3 is 2.65 bits per heavy atom. The van der Waals surface area contributed by atoms with Crippen LogP contribution in [0.2, 0.25) is 0 Å². The summed E-state index contributed by atoms with van der Waals surface area (Å²) in [5, 5.41) is 8.12. The third kappa shape index (κ3) is 3.92. The van der Waals surface area contributed by atoms with E-state index in [9.17, 15) is 0 Å². The van der Waals surface area contributed by atoms with E-state index in [1.54, 1.807) is 0 Å². The van der Waals surface area contributed by atoms with Gasteiger partial charge in [-0.05, 0) is 44.4 Å². The van der Waals surface area contributed by atoms with Gasteiger partial charge in [-0.15, -0.1) is 11.8 Å². The van der Waals surface area contributed by atoms with Crippen LogP contribution in [0.25, 0.3) is 0 Å². The van der Waals surface area contributed by atoms with Crippen LogP contribution >= 0.6 is 11.8 Å². The third-order valence-corrected chi connectivity index (χ3v) is 5.85. The number of hydrogen-bond donors (Lipinski definition) is 2. The highest BCUT2D eigenvalue weighted by Gasteiger charge is 2.18. The number of para-hydroxylation sites is 1. The quantitative estimate of drug-likeness (QED) is 0.846. The molecule has 2 fully saturated rings. The molecule has 20 heavy (non-hydrogen) atoms. The molecule has 1 heterocycles. The van der Waals surface area contributed by atoms with Gasteiger partial charge in [0.2, 0.25) is 0 Å². The van der Waals surface area contributed by atoms with Crippen LogP contribution in [0, 0.1) is 0 Å². The molecule has 1 aromatic carbocycles. The van der Waals surface area contributed by atoms with Crippen LogP contribution in [0.4, 0.5) is 5.69 Å². The van der Waals surface area contributed by atoms with Crippen LogP contribution in [0.15, 0.2) is 29.2 Å². The van der Waals surface area contributed by atoms with Gasteiger partial charge < -0.3 is 10.6 Å². The van der Waals surface area contributed by atoms with Gasteiger partial charge in [0.1, 0.15) is 0 Å². The largest absolute Gasteiger partial charge is 0.383 e. The molecule has 1 aliphatic heterocycles. The summed E-state index contributed by atoms with van der Waals surface area (Å²) >= 11 is 2.08. The van der Waals surface area contributed by atoms with Gasteiger partial charge in [0.25, 0.3) is 0 Å². The minimum absolute atomic E-state index is 0.647. The Bertz CT molecular complexity index is 409. The van der Waals surface area contributed by atoms with Crippen LogP contribution in [-0.4, -0.2) is 24.4 Å². The lowest BCUT2D eigenvalue weighted by Gasteiger charge is -2.25. The fourth-order valence-electron chi connectivity index (χ4n) is 3.23. The molecule has 1 saturated heterocycles. The lowest BCUT2D eigenvalue weighted by Crippen LogP contribution is -2.39. The summed E-state index contributed by atoms with van der Waals surface area (Å²) in [7, 11) is 0. The average molecular weight is 290 g/mol. The van der Waals surface area contributed by atoms with E-state index in [1.165, 1.54) is 62.1 Å². The van der Waals surface area contributed by atoms with Crippen LogP contribution in [0.1, 0.15) is 44.9 Å². The predicted octanol–water partition coefficient (Wildman–Crippen LogP) is 4.28. The van der Waals surface area contributed by atoms with Crippen molar-refractivity contribution in [2.75, 3.05) is 18.4 Å². The van der Waals surface area contributed by atoms with Crippen molar-refractivity contribution in [2.45, 2.75) is 61.1 Å². The second kappa shape index (κ2) is 7.37. The van der Waals surface area contributed by atoms with Crippen molar-refractivity contribution in [3.05, 3.63) is 24.3 Å². The van der Waals surface area contributed by atoms with Crippen molar-refractivity contribution >= 4 is 17.4 Å². The van der Waals surface area contributed by atoms with E-state index in [1.807, 2.05) is 0 Å². The van der Waals surface area contributed by atoms with Crippen molar-refractivity contribution < 1.29 is 0 Å². The number of anilines is 1. The van der Waals surface area contributed by atoms with E-state index < -0.39 is 0 Å². The van der Waals surface area contributed by atoms with E-state index in [2.05, 4.69) is 46.7 Å². The highest BCUT2D eigenvalue weighted by atomic mass is 32.2. The molecule has 1 atom stereocenters. The number of piperidine rings is 1. The van der Waals surface area contributed by atoms with Gasteiger partial charge in [-0.25, -0.2) is 0 Å². The normalized spacial score (nSPS) is 23.9. The number of nitrogens with one attached hydrogen (secondary N) is 2. The Morgan fingerprint density at radius 1 is 1.05 bits per heavy atom. The number of thioether (sulfide) groups is 1. The minimum atomic E-state index is 0.647. The molecular weight excluding hydrogens is 264 g/mol. The van der Waals surface area contributed by atoms with Gasteiger partial charge in [0.15, 0.2) is 0 Å². The smallest absolute Gasteiger partial charge is 0.0479 e. The molecule has 0 spiro atoms. The summed E-state index contributed by atoms with van der Waals surface area (Å²) < 4.78 is 0. The first-order chi connectivity index (χ1) is 9.92. The van der Waals surface area contributed by atoms with Crippen molar-refractivity contribution in [1.82, 2.24) is 5.32 Å². The lowest BCUT2D eigenvalue weighted by atomic mass is 10.1. The highest BCUT2D eigenvalue weighted by molar-refractivity contribution is 8.00. The maximum Gasteiger partial charge on any atom is 0.0479 e. The average Bonchev–Trinajstić information content (AvgIpc) is 3.00. The summed E-state index contributed by atoms with van der Waals surface area (Å²) in [4.78, 5) is 1.44. The van der Waals surface area contributed by atoms with Gasteiger partial charge in [-0.1, -0.05) is 31.4 Å². The zero-order valence-electron chi connectivity index (χ0n) is 12.2. The second-order valence-electron chi connectivity index (χ2n) is 6.05. The van der Waals surface area contributed by atoms with Crippen LogP contribution in [-0.2, 0) is 0 Å². The first-order valence-corrected chi connectivity index (χ1v) is 9.03. The van der Waals surface area contributed by atoms with Crippen LogP contribution in [0.5, 0.6) is 0 Å². The predicted molar refractivity (Wildman–Crippen MR) is 88.7 cm³/mol. The first kappa shape index (κ1) is 14.3. The van der Waals surface area contributed by atoms with Crippen LogP contribution in [0.3, 0.4) is 0 Å². The van der Waals surface area contributed by atoms with Crippen molar-refractivity contribution in [3.63, 3.8) is 0 Å². The number of benzene rings is 1. The molecular formula is C17H26N2S. The molecule has 1 saturated carbocycles. The molecule has 0 amide bonds. The minimum Gasteiger partial charge on any atom is -0.383 e. The maximum absolute atomic E-state index is 3.67. The lowest BCUT2D eigenvalue weighted by molar-refractivity contribution is 0.414. The first-order valence-electron chi connectivity index (χ1n) is 8.15. The summed E-state index contributed by atoms with van der Waals surface area (Å²) in [6, 6.07) is 9.48. The molecule has 1 aromatic rings. The molecule has 0 aromatic heterocycles. The molecule has 0 radical (unpaired) electrons. The standard InChI is InChI=1S/C17H26N2S/c1-2-9-15(8-1)20-17-11-4-3-10-16(17)19-13-14-7-5-6-12-18-14/h3-4,10-11,14-15,18-19H,1-2,5-9,12-13H2. The Labute approximate surface area is 127 Å². The summed E-state index contributed by atoms with van der Waals surface area (Å²) in [6.45, 7) is 2.24. The van der Waals surface area contributed by atoms with E-state index in [0.717, 1.165) is 11.8 Å². The van der Waals surface area contributed by atoms with E-state index >= 15 is 0 Å². The number of hydrogen-bond acceptors (Lipinski definition) is 3. The van der Waals surface area contributed by atoms with Crippen molar-refractivity contribution in [3.8, 4) is 0 Å². The Morgan fingerprint density at radius 2 is 1.85 bits per heavy atom. The molecule has 0 bridgehead atoms. The van der Waals surface area contributed by atoms with E-state index in [4.69, 9.17) is 0 Å². The van der Waals surface area contributed by atoms with Gasteiger partial charge in [0, 0.05) is 28.4 Å². The molecule has 2 N–H and O–H groups in total. The van der Waals surface area contributed by atoms with Gasteiger partial charge in [0.05, 0.1) is 0 Å². The summed E-state index contributed by atoms with van der Waals surface area (Å²) in [5.74, 6) is 0. The molecule has 2 nitrogen and oxygen atoms in total. The Kier molecular flexibility index (Phi) is 5.26. The fourth-order valence-corrected chi connectivity index (χ4v) is 4.59. The van der Waals surface area contributed by atoms with Crippen LogP contribution < -0.4 is 10.6 Å². The van der Waals surface area contributed by atoms with Gasteiger partial charge in [-0.2, -0.15) is 0 Å². The zero-order valence-corrected chi connectivity index (χ0v) is 13.1. The van der Waals surface area contributed by atoms with Crippen molar-refractivity contribution in [2.24, 2.45) is 0 Å². The second-order valence-corrected chi connectivity index (χ2v) is 7.39. The molecule has 1 aliphatic carbocycles. The summed E-state index contributed by atoms with van der Waals surface area (Å²) in [5.41, 5.74) is 1.33. The molecule has 110 valence electrons. The molecule has 3 rings (SSSR count). The SMILES string of the molecule is c1ccc(SC2CCCC2)c(NCC2CCCCN2)c1. The maximum atomic E-state index is 3.67. The third-order valence-electron chi connectivity index (χ3n) is 4.43. The van der Waals surface area contributed by atoms with E-state index in [-0.39, 0.29) is 0 Å². The monoisotopic (exact) mass is 290 g/mol. The molecule has 3 heteroatoms. The molecule has 2 aliphatic rings. The van der Waals surface area contributed by atoms with Gasteiger partial charge in [-0.3, -0.25) is 0 Å². The Hall–Kier alpha value is -0.670. The number of rotatable bonds is 5. The van der Waals surface area contributed by atoms with Gasteiger partial charge >= 0.3 is 0 Å². The highest BCUT2D eigenvalue weighted by Crippen LogP contribution is 2.37. The topological polar surface area (TPSA) is 24.1 Å². The fraction of sp³-hybridized carbons (Fsp3) is 0.647. The van der Waals surface area contributed by atoms with Crippen molar-refractivity contribution in [1.29, 1.82) is 0 Å².